The van der Waals surface area contributed by atoms with Crippen molar-refractivity contribution in [1.29, 1.82) is 0 Å². The van der Waals surface area contributed by atoms with Gasteiger partial charge in [0.15, 0.2) is 5.82 Å². The molecule has 0 atom stereocenters. The molecule has 0 aliphatic carbocycles. The van der Waals surface area contributed by atoms with Crippen molar-refractivity contribution >= 4 is 39.3 Å². The maximum Gasteiger partial charge on any atom is 0.421 e. The number of alkyl halides is 3. The normalized spacial score (nSPS) is 11.6. The van der Waals surface area contributed by atoms with E-state index >= 15 is 0 Å². The van der Waals surface area contributed by atoms with Crippen molar-refractivity contribution in [2.24, 2.45) is 0 Å². The highest BCUT2D eigenvalue weighted by Crippen LogP contribution is 2.35. The molecule has 16 heteroatoms. The summed E-state index contributed by atoms with van der Waals surface area (Å²) >= 11 is 0. The molecule has 0 amide bonds. The number of hydrogen-bond donors (Lipinski definition) is 4. The molecule has 0 spiro atoms. The van der Waals surface area contributed by atoms with E-state index in [1.165, 1.54) is 44.6 Å². The van der Waals surface area contributed by atoms with E-state index in [2.05, 4.69) is 35.3 Å². The number of methoxy groups -OCH3 is 1. The molecule has 0 saturated heterocycles. The van der Waals surface area contributed by atoms with Crippen molar-refractivity contribution in [3.8, 4) is 5.75 Å². The van der Waals surface area contributed by atoms with E-state index in [9.17, 15) is 26.4 Å². The van der Waals surface area contributed by atoms with Crippen molar-refractivity contribution < 1.29 is 36.2 Å². The number of anilines is 4. The number of rotatable bonds is 10. The molecule has 0 aliphatic heterocycles. The van der Waals surface area contributed by atoms with Crippen LogP contribution >= 0.6 is 0 Å². The first-order valence-corrected chi connectivity index (χ1v) is 11.8. The predicted molar refractivity (Wildman–Crippen MR) is 123 cm³/mol. The number of sulfonamides is 1. The SMILES string of the molecule is CCS(=O)(=O)Nc1nccnc1CNc1nc(Nc2ccc(C(=O)O)cc2OC)ncc1C(F)(F)F. The van der Waals surface area contributed by atoms with Gasteiger partial charge in [0.2, 0.25) is 16.0 Å². The summed E-state index contributed by atoms with van der Waals surface area (Å²) < 4.78 is 71.9. The van der Waals surface area contributed by atoms with Crippen LogP contribution in [0.4, 0.5) is 36.4 Å². The molecule has 36 heavy (non-hydrogen) atoms. The lowest BCUT2D eigenvalue weighted by molar-refractivity contribution is -0.137. The molecule has 1 aromatic carbocycles. The first kappa shape index (κ1) is 26.4. The maximum absolute atomic E-state index is 13.6. The molecule has 3 rings (SSSR count). The zero-order valence-corrected chi connectivity index (χ0v) is 19.6. The third kappa shape index (κ3) is 6.47. The first-order chi connectivity index (χ1) is 16.9. The number of carboxylic acid groups (broad SMARTS) is 1. The van der Waals surface area contributed by atoms with Gasteiger partial charge in [0.05, 0.1) is 30.7 Å². The quantitative estimate of drug-likeness (QED) is 0.306. The van der Waals surface area contributed by atoms with E-state index in [1.54, 1.807) is 0 Å². The van der Waals surface area contributed by atoms with Gasteiger partial charge in [-0.25, -0.2) is 23.2 Å². The van der Waals surface area contributed by atoms with Gasteiger partial charge in [0, 0.05) is 18.6 Å². The molecule has 3 aromatic rings. The molecule has 0 saturated carbocycles. The fourth-order valence-corrected chi connectivity index (χ4v) is 3.41. The molecular formula is C20H20F3N7O5S. The zero-order chi connectivity index (χ0) is 26.5. The van der Waals surface area contributed by atoms with Gasteiger partial charge in [-0.2, -0.15) is 18.2 Å². The fraction of sp³-hybridized carbons (Fsp3) is 0.250. The highest BCUT2D eigenvalue weighted by Gasteiger charge is 2.35. The highest BCUT2D eigenvalue weighted by molar-refractivity contribution is 7.92. The minimum Gasteiger partial charge on any atom is -0.495 e. The number of aromatic carboxylic acids is 1. The number of benzene rings is 1. The van der Waals surface area contributed by atoms with E-state index in [-0.39, 0.29) is 46.8 Å². The Bertz CT molecular complexity index is 1370. The van der Waals surface area contributed by atoms with Gasteiger partial charge in [-0.15, -0.1) is 0 Å². The van der Waals surface area contributed by atoms with E-state index in [1.807, 2.05) is 0 Å². The number of carboxylic acids is 1. The van der Waals surface area contributed by atoms with Crippen molar-refractivity contribution in [3.05, 3.63) is 53.6 Å². The lowest BCUT2D eigenvalue weighted by Crippen LogP contribution is -2.19. The second kappa shape index (κ2) is 10.6. The van der Waals surface area contributed by atoms with Gasteiger partial charge < -0.3 is 20.5 Å². The molecule has 2 heterocycles. The fourth-order valence-electron chi connectivity index (χ4n) is 2.80. The number of nitrogens with one attached hydrogen (secondary N) is 3. The third-order valence-corrected chi connectivity index (χ3v) is 5.88. The number of halogens is 3. The second-order valence-corrected chi connectivity index (χ2v) is 9.02. The smallest absolute Gasteiger partial charge is 0.421 e. The Kier molecular flexibility index (Phi) is 7.77. The van der Waals surface area contributed by atoms with Crippen molar-refractivity contribution in [3.63, 3.8) is 0 Å². The van der Waals surface area contributed by atoms with Gasteiger partial charge in [0.1, 0.15) is 22.8 Å². The summed E-state index contributed by atoms with van der Waals surface area (Å²) in [5.41, 5.74) is -1.01. The number of hydrogen-bond acceptors (Lipinski definition) is 10. The molecule has 0 bridgehead atoms. The van der Waals surface area contributed by atoms with E-state index in [0.717, 1.165) is 0 Å². The Morgan fingerprint density at radius 3 is 2.50 bits per heavy atom. The van der Waals surface area contributed by atoms with Crippen LogP contribution in [0.2, 0.25) is 0 Å². The lowest BCUT2D eigenvalue weighted by Gasteiger charge is -2.16. The van der Waals surface area contributed by atoms with Gasteiger partial charge in [-0.1, -0.05) is 0 Å². The zero-order valence-electron chi connectivity index (χ0n) is 18.8. The summed E-state index contributed by atoms with van der Waals surface area (Å²) in [6, 6.07) is 3.84. The minimum absolute atomic E-state index is 0.0294. The van der Waals surface area contributed by atoms with Crippen LogP contribution in [-0.4, -0.2) is 52.3 Å². The molecule has 2 aromatic heterocycles. The molecule has 12 nitrogen and oxygen atoms in total. The van der Waals surface area contributed by atoms with Crippen molar-refractivity contribution in [1.82, 2.24) is 19.9 Å². The summed E-state index contributed by atoms with van der Waals surface area (Å²) in [5, 5.41) is 14.3. The van der Waals surface area contributed by atoms with Crippen LogP contribution < -0.4 is 20.1 Å². The van der Waals surface area contributed by atoms with Crippen LogP contribution in [0.15, 0.2) is 36.8 Å². The van der Waals surface area contributed by atoms with E-state index < -0.39 is 33.6 Å². The number of carbonyl (C=O) groups is 1. The maximum atomic E-state index is 13.6. The molecule has 0 fully saturated rings. The monoisotopic (exact) mass is 527 g/mol. The first-order valence-electron chi connectivity index (χ1n) is 10.1. The standard InChI is InChI=1S/C20H20F3N7O5S/c1-3-36(33,34)30-17-14(24-6-7-25-17)10-26-16-12(20(21,22)23)9-27-19(29-16)28-13-5-4-11(18(31)32)8-15(13)35-2/h4-9H,3,10H2,1-2H3,(H,25,30)(H,31,32)(H2,26,27,28,29). The minimum atomic E-state index is -4.81. The second-order valence-electron chi connectivity index (χ2n) is 7.01. The average Bonchev–Trinajstić information content (AvgIpc) is 2.82. The molecule has 0 radical (unpaired) electrons. The number of nitrogens with zero attached hydrogens (tertiary/aromatic N) is 4. The Hall–Kier alpha value is -4.21. The highest BCUT2D eigenvalue weighted by atomic mass is 32.2. The molecule has 0 aliphatic rings. The molecule has 192 valence electrons. The summed E-state index contributed by atoms with van der Waals surface area (Å²) in [6.07, 6.45) is -1.76. The Morgan fingerprint density at radius 2 is 1.86 bits per heavy atom. The molecule has 4 N–H and O–H groups in total. The van der Waals surface area contributed by atoms with Gasteiger partial charge in [-0.3, -0.25) is 9.71 Å². The summed E-state index contributed by atoms with van der Waals surface area (Å²) in [6.45, 7) is 1.05. The van der Waals surface area contributed by atoms with Crippen LogP contribution in [0.1, 0.15) is 28.5 Å². The molecular weight excluding hydrogens is 507 g/mol. The van der Waals surface area contributed by atoms with Crippen molar-refractivity contribution in [2.75, 3.05) is 28.2 Å². The predicted octanol–water partition coefficient (Wildman–Crippen LogP) is 3.11. The Labute approximate surface area is 203 Å². The number of aromatic nitrogens is 4. The average molecular weight is 527 g/mol. The van der Waals surface area contributed by atoms with Crippen LogP contribution in [0.5, 0.6) is 5.75 Å². The molecule has 0 unspecified atom stereocenters. The Morgan fingerprint density at radius 1 is 1.14 bits per heavy atom. The summed E-state index contributed by atoms with van der Waals surface area (Å²) in [7, 11) is -2.42. The lowest BCUT2D eigenvalue weighted by atomic mass is 10.2. The van der Waals surface area contributed by atoms with Crippen LogP contribution in [0.25, 0.3) is 0 Å². The Balaban J connectivity index is 1.92. The van der Waals surface area contributed by atoms with Gasteiger partial charge >= 0.3 is 12.1 Å². The third-order valence-electron chi connectivity index (χ3n) is 4.62. The van der Waals surface area contributed by atoms with E-state index in [0.29, 0.717) is 6.20 Å². The summed E-state index contributed by atoms with van der Waals surface area (Å²) in [5.74, 6) is -2.35. The largest absolute Gasteiger partial charge is 0.495 e. The van der Waals surface area contributed by atoms with Crippen LogP contribution in [0, 0.1) is 0 Å². The number of ether oxygens (including phenoxy) is 1. The summed E-state index contributed by atoms with van der Waals surface area (Å²) in [4.78, 5) is 26.6. The topological polar surface area (TPSA) is 168 Å². The van der Waals surface area contributed by atoms with Gasteiger partial charge in [-0.05, 0) is 25.1 Å². The van der Waals surface area contributed by atoms with Crippen molar-refractivity contribution in [2.45, 2.75) is 19.6 Å². The van der Waals surface area contributed by atoms with Gasteiger partial charge in [0.25, 0.3) is 0 Å². The van der Waals surface area contributed by atoms with E-state index in [4.69, 9.17) is 9.84 Å². The van der Waals surface area contributed by atoms with Crippen LogP contribution in [-0.2, 0) is 22.7 Å². The van der Waals surface area contributed by atoms with Crippen LogP contribution in [0.3, 0.4) is 0 Å².